The van der Waals surface area contributed by atoms with Gasteiger partial charge in [0.05, 0.1) is 11.6 Å². The highest BCUT2D eigenvalue weighted by Crippen LogP contribution is 2.46. The summed E-state index contributed by atoms with van der Waals surface area (Å²) in [7, 11) is -4.14. The van der Waals surface area contributed by atoms with E-state index in [1.54, 1.807) is 0 Å². The summed E-state index contributed by atoms with van der Waals surface area (Å²) in [6.45, 7) is 0.0641. The second-order valence-corrected chi connectivity index (χ2v) is 8.54. The van der Waals surface area contributed by atoms with Gasteiger partial charge in [0, 0.05) is 12.5 Å². The fourth-order valence-corrected chi connectivity index (χ4v) is 4.91. The number of nitrogens with zero attached hydrogens (tertiary/aromatic N) is 1. The predicted molar refractivity (Wildman–Crippen MR) is 87.1 cm³/mol. The summed E-state index contributed by atoms with van der Waals surface area (Å²) >= 11 is 0. The van der Waals surface area contributed by atoms with Crippen LogP contribution in [0.25, 0.3) is 0 Å². The number of fused-ring (bicyclic) bond motifs is 1. The van der Waals surface area contributed by atoms with Crippen molar-refractivity contribution in [3.05, 3.63) is 23.5 Å². The van der Waals surface area contributed by atoms with Crippen LogP contribution in [-0.2, 0) is 10.0 Å². The van der Waals surface area contributed by atoms with Gasteiger partial charge in [0.1, 0.15) is 16.5 Å². The molecule has 26 heavy (non-hydrogen) atoms. The van der Waals surface area contributed by atoms with Crippen molar-refractivity contribution >= 4 is 21.5 Å². The number of hydrogen-bond donors (Lipinski definition) is 2. The molecule has 10 heteroatoms. The van der Waals surface area contributed by atoms with Gasteiger partial charge in [0.15, 0.2) is 0 Å². The van der Waals surface area contributed by atoms with Crippen LogP contribution < -0.4 is 10.6 Å². The van der Waals surface area contributed by atoms with Gasteiger partial charge in [-0.15, -0.1) is 4.40 Å². The zero-order valence-corrected chi connectivity index (χ0v) is 14.4. The molecule has 2 atom stereocenters. The third-order valence-electron chi connectivity index (χ3n) is 5.11. The minimum Gasteiger partial charge on any atom is -0.341 e. The van der Waals surface area contributed by atoms with Crippen LogP contribution in [-0.4, -0.2) is 33.5 Å². The summed E-state index contributed by atoms with van der Waals surface area (Å²) in [5.74, 6) is -3.42. The summed E-state index contributed by atoms with van der Waals surface area (Å²) in [4.78, 5) is -0.392. The quantitative estimate of drug-likeness (QED) is 0.761. The third kappa shape index (κ3) is 3.09. The molecule has 2 N–H and O–H groups in total. The Balaban J connectivity index is 1.85. The highest BCUT2D eigenvalue weighted by atomic mass is 32.2. The van der Waals surface area contributed by atoms with Gasteiger partial charge in [0.25, 0.3) is 10.0 Å². The molecule has 2 heterocycles. The van der Waals surface area contributed by atoms with Gasteiger partial charge in [-0.1, -0.05) is 0 Å². The fraction of sp³-hybridized carbons (Fsp3) is 0.562. The third-order valence-corrected chi connectivity index (χ3v) is 6.43. The number of halogens is 4. The summed E-state index contributed by atoms with van der Waals surface area (Å²) in [6.07, 6.45) is -2.80. The number of rotatable bonds is 2. The van der Waals surface area contributed by atoms with Crippen LogP contribution in [0.1, 0.15) is 30.7 Å². The number of piperidine rings is 1. The maximum absolute atomic E-state index is 14.1. The SMILES string of the molecule is O=S1(=O)N=C(C2CC2)Nc2c(C3CCNCC3C(F)(F)F)cc(F)cc21. The Morgan fingerprint density at radius 1 is 1.15 bits per heavy atom. The van der Waals surface area contributed by atoms with E-state index in [4.69, 9.17) is 0 Å². The lowest BCUT2D eigenvalue weighted by Crippen LogP contribution is -2.43. The molecule has 142 valence electrons. The number of anilines is 1. The average molecular weight is 391 g/mol. The standard InChI is InChI=1S/C16H17F4N3O2S/c17-9-5-11(10-3-4-21-7-12(10)16(18,19)20)14-13(6-9)26(24,25)23-15(22-14)8-1-2-8/h5-6,8,10,12,21H,1-4,7H2,(H,22,23). The molecule has 1 aliphatic carbocycles. The van der Waals surface area contributed by atoms with Crippen LogP contribution in [0.3, 0.4) is 0 Å². The van der Waals surface area contributed by atoms with Crippen LogP contribution in [0.15, 0.2) is 21.4 Å². The molecule has 0 spiro atoms. The Kier molecular flexibility index (Phi) is 4.03. The van der Waals surface area contributed by atoms with Crippen LogP contribution >= 0.6 is 0 Å². The second kappa shape index (κ2) is 5.91. The van der Waals surface area contributed by atoms with Crippen LogP contribution in [0, 0.1) is 17.7 Å². The molecule has 0 amide bonds. The molecule has 2 unspecified atom stereocenters. The number of nitrogens with one attached hydrogen (secondary N) is 2. The lowest BCUT2D eigenvalue weighted by atomic mass is 9.80. The number of benzene rings is 1. The molecule has 0 aromatic heterocycles. The molecule has 4 rings (SSSR count). The summed E-state index contributed by atoms with van der Waals surface area (Å²) in [6, 6.07) is 1.84. The van der Waals surface area contributed by atoms with E-state index in [-0.39, 0.29) is 36.0 Å². The van der Waals surface area contributed by atoms with Crippen molar-refractivity contribution in [2.24, 2.45) is 16.2 Å². The highest BCUT2D eigenvalue weighted by molar-refractivity contribution is 7.90. The number of sulfonamides is 1. The smallest absolute Gasteiger partial charge is 0.341 e. The van der Waals surface area contributed by atoms with Crippen molar-refractivity contribution in [2.75, 3.05) is 18.4 Å². The zero-order chi connectivity index (χ0) is 18.7. The maximum Gasteiger partial charge on any atom is 0.393 e. The van der Waals surface area contributed by atoms with Crippen molar-refractivity contribution in [3.63, 3.8) is 0 Å². The summed E-state index contributed by atoms with van der Waals surface area (Å²) in [5.41, 5.74) is 0.102. The lowest BCUT2D eigenvalue weighted by Gasteiger charge is -2.35. The number of alkyl halides is 3. The van der Waals surface area contributed by atoms with Gasteiger partial charge in [-0.25, -0.2) is 4.39 Å². The maximum atomic E-state index is 14.1. The predicted octanol–water partition coefficient (Wildman–Crippen LogP) is 3.00. The van der Waals surface area contributed by atoms with Gasteiger partial charge in [0.2, 0.25) is 0 Å². The number of amidine groups is 1. The molecule has 1 aromatic rings. The van der Waals surface area contributed by atoms with Crippen LogP contribution in [0.5, 0.6) is 0 Å². The van der Waals surface area contributed by atoms with E-state index in [9.17, 15) is 26.0 Å². The molecule has 1 aromatic carbocycles. The van der Waals surface area contributed by atoms with Crippen molar-refractivity contribution < 1.29 is 26.0 Å². The van der Waals surface area contributed by atoms with Crippen molar-refractivity contribution in [3.8, 4) is 0 Å². The largest absolute Gasteiger partial charge is 0.393 e. The molecule has 0 bridgehead atoms. The van der Waals surface area contributed by atoms with Gasteiger partial charge in [-0.2, -0.15) is 21.6 Å². The first-order valence-electron chi connectivity index (χ1n) is 8.39. The highest BCUT2D eigenvalue weighted by Gasteiger charge is 2.47. The Hall–Kier alpha value is -1.68. The lowest BCUT2D eigenvalue weighted by molar-refractivity contribution is -0.183. The van der Waals surface area contributed by atoms with Gasteiger partial charge < -0.3 is 10.6 Å². The van der Waals surface area contributed by atoms with Crippen LogP contribution in [0.2, 0.25) is 0 Å². The minimum atomic E-state index is -4.47. The number of hydrogen-bond acceptors (Lipinski definition) is 4. The van der Waals surface area contributed by atoms with Crippen molar-refractivity contribution in [2.45, 2.75) is 36.3 Å². The van der Waals surface area contributed by atoms with E-state index in [0.717, 1.165) is 25.0 Å². The molecule has 2 aliphatic heterocycles. The summed E-state index contributed by atoms with van der Waals surface area (Å²) < 4.78 is 83.1. The zero-order valence-electron chi connectivity index (χ0n) is 13.6. The van der Waals surface area contributed by atoms with Crippen LogP contribution in [0.4, 0.5) is 23.2 Å². The van der Waals surface area contributed by atoms with Crippen molar-refractivity contribution in [1.29, 1.82) is 0 Å². The van der Waals surface area contributed by atoms with E-state index in [0.29, 0.717) is 6.54 Å². The molecule has 2 fully saturated rings. The first-order chi connectivity index (χ1) is 12.2. The molecular formula is C16H17F4N3O2S. The monoisotopic (exact) mass is 391 g/mol. The first kappa shape index (κ1) is 17.7. The minimum absolute atomic E-state index is 0.0396. The van der Waals surface area contributed by atoms with E-state index in [1.807, 2.05) is 0 Å². The normalized spacial score (nSPS) is 28.1. The Bertz CT molecular complexity index is 878. The molecule has 1 saturated carbocycles. The first-order valence-corrected chi connectivity index (χ1v) is 9.83. The average Bonchev–Trinajstić information content (AvgIpc) is 3.38. The molecule has 3 aliphatic rings. The topological polar surface area (TPSA) is 70.6 Å². The molecule has 0 radical (unpaired) electrons. The molecular weight excluding hydrogens is 374 g/mol. The Morgan fingerprint density at radius 2 is 1.88 bits per heavy atom. The van der Waals surface area contributed by atoms with Gasteiger partial charge in [-0.3, -0.25) is 0 Å². The summed E-state index contributed by atoms with van der Waals surface area (Å²) in [5, 5.41) is 5.61. The second-order valence-electron chi connectivity index (χ2n) is 6.97. The van der Waals surface area contributed by atoms with E-state index >= 15 is 0 Å². The van der Waals surface area contributed by atoms with E-state index < -0.39 is 38.7 Å². The molecule has 1 saturated heterocycles. The Morgan fingerprint density at radius 3 is 2.54 bits per heavy atom. The van der Waals surface area contributed by atoms with Gasteiger partial charge >= 0.3 is 6.18 Å². The molecule has 5 nitrogen and oxygen atoms in total. The van der Waals surface area contributed by atoms with Crippen molar-refractivity contribution in [1.82, 2.24) is 5.32 Å². The van der Waals surface area contributed by atoms with Gasteiger partial charge in [-0.05, 0) is 49.4 Å². The van der Waals surface area contributed by atoms with E-state index in [2.05, 4.69) is 15.0 Å². The Labute approximate surface area is 147 Å². The van der Waals surface area contributed by atoms with E-state index in [1.165, 1.54) is 0 Å². The fourth-order valence-electron chi connectivity index (χ4n) is 3.67.